The Bertz CT molecular complexity index is 973. The van der Waals surface area contributed by atoms with Crippen molar-refractivity contribution in [3.63, 3.8) is 0 Å². The van der Waals surface area contributed by atoms with E-state index in [9.17, 15) is 4.79 Å². The van der Waals surface area contributed by atoms with Crippen LogP contribution in [-0.4, -0.2) is 45.4 Å². The summed E-state index contributed by atoms with van der Waals surface area (Å²) < 4.78 is 0. The molecule has 0 spiro atoms. The fourth-order valence-electron chi connectivity index (χ4n) is 2.96. The number of aromatic nitrogens is 3. The molecule has 0 aliphatic carbocycles. The number of amides is 1. The Morgan fingerprint density at radius 3 is 2.68 bits per heavy atom. The number of fused-ring (bicyclic) bond motifs is 1. The van der Waals surface area contributed by atoms with Crippen LogP contribution in [0, 0.1) is 6.92 Å². The van der Waals surface area contributed by atoms with Crippen molar-refractivity contribution in [2.24, 2.45) is 0 Å². The number of carbonyl (C=O) groups excluding carboxylic acids is 1. The number of thiophene rings is 1. The molecule has 1 N–H and O–H groups in total. The van der Waals surface area contributed by atoms with E-state index in [-0.39, 0.29) is 5.91 Å². The molecule has 0 aliphatic rings. The molecule has 7 heteroatoms. The predicted molar refractivity (Wildman–Crippen MR) is 115 cm³/mol. The second-order valence-electron chi connectivity index (χ2n) is 6.24. The summed E-state index contributed by atoms with van der Waals surface area (Å²) in [6.07, 6.45) is 7.54. The summed E-state index contributed by atoms with van der Waals surface area (Å²) in [6.45, 7) is 11.1. The smallest absolute Gasteiger partial charge is 0.264 e. The number of nitrogens with one attached hydrogen (secondary N) is 1. The van der Waals surface area contributed by atoms with Crippen molar-refractivity contribution in [3.8, 4) is 0 Å². The third kappa shape index (κ3) is 4.26. The Morgan fingerprint density at radius 2 is 2.00 bits per heavy atom. The van der Waals surface area contributed by atoms with Crippen LogP contribution < -0.4 is 5.32 Å². The number of rotatable bonds is 9. The first-order chi connectivity index (χ1) is 13.7. The van der Waals surface area contributed by atoms with Crippen LogP contribution in [0.1, 0.15) is 20.9 Å². The first-order valence-electron chi connectivity index (χ1n) is 9.04. The number of carbonyl (C=O) groups is 1. The maximum atomic E-state index is 13.0. The van der Waals surface area contributed by atoms with Gasteiger partial charge in [0.15, 0.2) is 0 Å². The van der Waals surface area contributed by atoms with Crippen molar-refractivity contribution in [1.82, 2.24) is 19.9 Å². The van der Waals surface area contributed by atoms with Gasteiger partial charge in [0.25, 0.3) is 5.91 Å². The van der Waals surface area contributed by atoms with Crippen molar-refractivity contribution in [2.45, 2.75) is 13.3 Å². The maximum absolute atomic E-state index is 13.0. The minimum Gasteiger partial charge on any atom is -0.369 e. The van der Waals surface area contributed by atoms with Crippen LogP contribution >= 0.6 is 11.3 Å². The maximum Gasteiger partial charge on any atom is 0.264 e. The molecule has 1 amide bonds. The van der Waals surface area contributed by atoms with Gasteiger partial charge < -0.3 is 10.2 Å². The van der Waals surface area contributed by atoms with Crippen LogP contribution in [0.15, 0.2) is 56.0 Å². The highest BCUT2D eigenvalue weighted by molar-refractivity contribution is 7.20. The molecule has 0 fully saturated rings. The Kier molecular flexibility index (Phi) is 6.49. The zero-order valence-corrected chi connectivity index (χ0v) is 16.7. The SMILES string of the molecule is C=CCN(CC=C)C(=O)c1sc2ncnc(NCCc3ccccn3)c2c1C. The van der Waals surface area contributed by atoms with Crippen molar-refractivity contribution in [2.75, 3.05) is 25.0 Å². The summed E-state index contributed by atoms with van der Waals surface area (Å²) in [4.78, 5) is 29.3. The minimum absolute atomic E-state index is 0.0419. The third-order valence-electron chi connectivity index (χ3n) is 4.31. The summed E-state index contributed by atoms with van der Waals surface area (Å²) in [7, 11) is 0. The fourth-order valence-corrected chi connectivity index (χ4v) is 4.08. The highest BCUT2D eigenvalue weighted by Gasteiger charge is 2.22. The summed E-state index contributed by atoms with van der Waals surface area (Å²) in [6, 6.07) is 5.88. The molecule has 0 saturated carbocycles. The predicted octanol–water partition coefficient (Wildman–Crippen LogP) is 3.86. The Morgan fingerprint density at radius 1 is 1.21 bits per heavy atom. The molecule has 0 aliphatic heterocycles. The van der Waals surface area contributed by atoms with Crippen molar-refractivity contribution in [3.05, 3.63) is 72.2 Å². The van der Waals surface area contributed by atoms with E-state index in [2.05, 4.69) is 33.4 Å². The van der Waals surface area contributed by atoms with E-state index >= 15 is 0 Å². The molecule has 3 aromatic heterocycles. The molecule has 3 aromatic rings. The number of anilines is 1. The molecule has 3 heterocycles. The van der Waals surface area contributed by atoms with E-state index in [1.165, 1.54) is 17.7 Å². The average molecular weight is 394 g/mol. The van der Waals surface area contributed by atoms with Crippen molar-refractivity contribution < 1.29 is 4.79 Å². The Hall–Kier alpha value is -3.06. The second-order valence-corrected chi connectivity index (χ2v) is 7.24. The molecular weight excluding hydrogens is 370 g/mol. The molecular formula is C21H23N5OS. The number of hydrogen-bond acceptors (Lipinski definition) is 6. The number of nitrogens with zero attached hydrogens (tertiary/aromatic N) is 4. The lowest BCUT2D eigenvalue weighted by atomic mass is 10.2. The standard InChI is InChI=1S/C21H23N5OS/c1-4-12-26(13-5-2)21(27)18-15(3)17-19(24-14-25-20(17)28-18)23-11-9-16-8-6-7-10-22-16/h4-8,10,14H,1-2,9,11-13H2,3H3,(H,23,24,25). The van der Waals surface area contributed by atoms with E-state index in [4.69, 9.17) is 0 Å². The van der Waals surface area contributed by atoms with Crippen LogP contribution in [0.2, 0.25) is 0 Å². The van der Waals surface area contributed by atoms with Gasteiger partial charge in [0, 0.05) is 37.9 Å². The van der Waals surface area contributed by atoms with Gasteiger partial charge in [0.2, 0.25) is 0 Å². The average Bonchev–Trinajstić information content (AvgIpc) is 3.05. The lowest BCUT2D eigenvalue weighted by Gasteiger charge is -2.18. The van der Waals surface area contributed by atoms with Gasteiger partial charge in [-0.1, -0.05) is 18.2 Å². The minimum atomic E-state index is -0.0419. The molecule has 0 radical (unpaired) electrons. The largest absolute Gasteiger partial charge is 0.369 e. The molecule has 0 aromatic carbocycles. The lowest BCUT2D eigenvalue weighted by Crippen LogP contribution is -2.31. The second kappa shape index (κ2) is 9.23. The summed E-state index contributed by atoms with van der Waals surface area (Å²) in [5, 5.41) is 4.26. The number of aryl methyl sites for hydroxylation is 1. The Balaban J connectivity index is 1.84. The van der Waals surface area contributed by atoms with Crippen molar-refractivity contribution >= 4 is 33.3 Å². The van der Waals surface area contributed by atoms with E-state index in [0.29, 0.717) is 24.5 Å². The molecule has 0 saturated heterocycles. The first kappa shape index (κ1) is 19.7. The quantitative estimate of drug-likeness (QED) is 0.559. The van der Waals surface area contributed by atoms with Gasteiger partial charge in [0.1, 0.15) is 17.0 Å². The van der Waals surface area contributed by atoms with Crippen LogP contribution in [0.25, 0.3) is 10.2 Å². The molecule has 0 bridgehead atoms. The van der Waals surface area contributed by atoms with Crippen LogP contribution in [0.5, 0.6) is 0 Å². The highest BCUT2D eigenvalue weighted by Crippen LogP contribution is 2.34. The summed E-state index contributed by atoms with van der Waals surface area (Å²) in [5.74, 6) is 0.701. The van der Waals surface area contributed by atoms with E-state index < -0.39 is 0 Å². The zero-order valence-electron chi connectivity index (χ0n) is 15.9. The van der Waals surface area contributed by atoms with Crippen LogP contribution in [-0.2, 0) is 6.42 Å². The normalized spacial score (nSPS) is 10.6. The van der Waals surface area contributed by atoms with E-state index in [0.717, 1.165) is 33.7 Å². The zero-order chi connectivity index (χ0) is 19.9. The number of pyridine rings is 1. The molecule has 3 rings (SSSR count). The summed E-state index contributed by atoms with van der Waals surface area (Å²) in [5.41, 5.74) is 1.91. The van der Waals surface area contributed by atoms with Gasteiger partial charge in [-0.3, -0.25) is 9.78 Å². The molecule has 28 heavy (non-hydrogen) atoms. The molecule has 0 unspecified atom stereocenters. The first-order valence-corrected chi connectivity index (χ1v) is 9.86. The summed E-state index contributed by atoms with van der Waals surface area (Å²) >= 11 is 1.39. The van der Waals surface area contributed by atoms with Gasteiger partial charge >= 0.3 is 0 Å². The van der Waals surface area contributed by atoms with E-state index in [1.54, 1.807) is 23.2 Å². The van der Waals surface area contributed by atoms with Gasteiger partial charge in [-0.05, 0) is 24.6 Å². The highest BCUT2D eigenvalue weighted by atomic mass is 32.1. The van der Waals surface area contributed by atoms with Crippen LogP contribution in [0.4, 0.5) is 5.82 Å². The molecule has 6 nitrogen and oxygen atoms in total. The van der Waals surface area contributed by atoms with Crippen molar-refractivity contribution in [1.29, 1.82) is 0 Å². The monoisotopic (exact) mass is 393 g/mol. The van der Waals surface area contributed by atoms with Crippen LogP contribution in [0.3, 0.4) is 0 Å². The fraction of sp³-hybridized carbons (Fsp3) is 0.238. The molecule has 144 valence electrons. The Labute approximate surface area is 168 Å². The van der Waals surface area contributed by atoms with Gasteiger partial charge in [-0.2, -0.15) is 0 Å². The van der Waals surface area contributed by atoms with Gasteiger partial charge in [-0.15, -0.1) is 24.5 Å². The van der Waals surface area contributed by atoms with Gasteiger partial charge in [0.05, 0.1) is 10.3 Å². The lowest BCUT2D eigenvalue weighted by molar-refractivity contribution is 0.0795. The topological polar surface area (TPSA) is 71.0 Å². The third-order valence-corrected chi connectivity index (χ3v) is 5.49. The van der Waals surface area contributed by atoms with E-state index in [1.807, 2.05) is 25.1 Å². The number of hydrogen-bond donors (Lipinski definition) is 1. The molecule has 0 atom stereocenters. The van der Waals surface area contributed by atoms with Gasteiger partial charge in [-0.25, -0.2) is 9.97 Å².